The lowest BCUT2D eigenvalue weighted by atomic mass is 10.1. The summed E-state index contributed by atoms with van der Waals surface area (Å²) in [6.07, 6.45) is 22.1. The Kier molecular flexibility index (Phi) is 14.5. The third kappa shape index (κ3) is 11.4. The van der Waals surface area contributed by atoms with Gasteiger partial charge in [0.05, 0.1) is 0 Å². The molecule has 0 bridgehead atoms. The van der Waals surface area contributed by atoms with Crippen molar-refractivity contribution in [3.05, 3.63) is 48.6 Å². The van der Waals surface area contributed by atoms with E-state index in [-0.39, 0.29) is 35.6 Å². The minimum absolute atomic E-state index is 0.0361. The van der Waals surface area contributed by atoms with Crippen molar-refractivity contribution in [1.82, 2.24) is 14.5 Å². The molecule has 0 amide bonds. The van der Waals surface area contributed by atoms with E-state index in [1.165, 1.54) is 84.8 Å². The second-order valence-corrected chi connectivity index (χ2v) is 9.91. The quantitative estimate of drug-likeness (QED) is 0.0967. The predicted octanol–water partition coefficient (Wildman–Crippen LogP) is 6.97. The summed E-state index contributed by atoms with van der Waals surface area (Å²) in [5, 5.41) is 44.0. The summed E-state index contributed by atoms with van der Waals surface area (Å²) in [6, 6.07) is 6.08. The SMILES string of the molecule is CCCCCCC=CC(CCn1c(O)ccc1O)NC(C=CCCCCCC)CCn1c(O)ccc1O. The molecule has 2 rings (SSSR count). The average Bonchev–Trinajstić information content (AvgIpc) is 3.38. The molecular weight excluding hydrogens is 466 g/mol. The van der Waals surface area contributed by atoms with Crippen LogP contribution in [0.3, 0.4) is 0 Å². The monoisotopic (exact) mass is 515 g/mol. The summed E-state index contributed by atoms with van der Waals surface area (Å²) in [5.41, 5.74) is 0. The lowest BCUT2D eigenvalue weighted by Gasteiger charge is -2.23. The standard InChI is InChI=1S/C30H49N3O4/c1-3-5-7-9-11-13-15-25(21-23-32-27(34)17-18-28(32)35)31-26(16-14-12-10-8-6-4-2)22-24-33-29(36)19-20-30(33)37/h13-20,25-26,31,34-37H,3-12,21-24H2,1-2H3. The van der Waals surface area contributed by atoms with E-state index < -0.39 is 0 Å². The molecule has 0 aromatic carbocycles. The Hall–Kier alpha value is -2.80. The van der Waals surface area contributed by atoms with Crippen molar-refractivity contribution in [2.75, 3.05) is 0 Å². The minimum Gasteiger partial charge on any atom is -0.494 e. The van der Waals surface area contributed by atoms with Crippen LogP contribution in [0.1, 0.15) is 90.9 Å². The Bertz CT molecular complexity index is 818. The molecule has 0 radical (unpaired) electrons. The number of aromatic nitrogens is 2. The Morgan fingerprint density at radius 3 is 1.35 bits per heavy atom. The highest BCUT2D eigenvalue weighted by Gasteiger charge is 2.15. The zero-order valence-electron chi connectivity index (χ0n) is 22.9. The van der Waals surface area contributed by atoms with Gasteiger partial charge in [0.1, 0.15) is 0 Å². The molecule has 5 N–H and O–H groups in total. The fraction of sp³-hybridized carbons (Fsp3) is 0.600. The molecule has 0 saturated carbocycles. The van der Waals surface area contributed by atoms with Gasteiger partial charge in [-0.2, -0.15) is 0 Å². The van der Waals surface area contributed by atoms with E-state index in [9.17, 15) is 20.4 Å². The van der Waals surface area contributed by atoms with Gasteiger partial charge in [0, 0.05) is 49.4 Å². The molecule has 2 aromatic rings. The van der Waals surface area contributed by atoms with E-state index >= 15 is 0 Å². The predicted molar refractivity (Wildman–Crippen MR) is 151 cm³/mol. The van der Waals surface area contributed by atoms with Crippen molar-refractivity contribution in [3.63, 3.8) is 0 Å². The molecule has 7 nitrogen and oxygen atoms in total. The van der Waals surface area contributed by atoms with Crippen LogP contribution in [0, 0.1) is 0 Å². The molecule has 2 heterocycles. The zero-order chi connectivity index (χ0) is 26.9. The lowest BCUT2D eigenvalue weighted by Crippen LogP contribution is -2.37. The topological polar surface area (TPSA) is 103 Å². The van der Waals surface area contributed by atoms with Crippen molar-refractivity contribution in [1.29, 1.82) is 0 Å². The van der Waals surface area contributed by atoms with Gasteiger partial charge in [0.2, 0.25) is 0 Å². The van der Waals surface area contributed by atoms with Crippen LogP contribution in [0.15, 0.2) is 48.6 Å². The van der Waals surface area contributed by atoms with Crippen LogP contribution in [0.4, 0.5) is 0 Å². The zero-order valence-corrected chi connectivity index (χ0v) is 22.9. The molecule has 0 fully saturated rings. The van der Waals surface area contributed by atoms with E-state index in [4.69, 9.17) is 0 Å². The van der Waals surface area contributed by atoms with Crippen molar-refractivity contribution < 1.29 is 20.4 Å². The fourth-order valence-electron chi connectivity index (χ4n) is 4.53. The van der Waals surface area contributed by atoms with Crippen LogP contribution in [-0.4, -0.2) is 41.6 Å². The van der Waals surface area contributed by atoms with Gasteiger partial charge < -0.3 is 25.7 Å². The van der Waals surface area contributed by atoms with E-state index in [2.05, 4.69) is 43.5 Å². The second kappa shape index (κ2) is 17.6. The maximum absolute atomic E-state index is 10.1. The molecule has 0 aliphatic heterocycles. The van der Waals surface area contributed by atoms with Gasteiger partial charge >= 0.3 is 0 Å². The molecule has 2 atom stereocenters. The number of nitrogens with one attached hydrogen (secondary N) is 1. The molecule has 208 valence electrons. The Morgan fingerprint density at radius 1 is 0.622 bits per heavy atom. The highest BCUT2D eigenvalue weighted by Crippen LogP contribution is 2.23. The van der Waals surface area contributed by atoms with Crippen LogP contribution in [0.5, 0.6) is 23.5 Å². The molecule has 0 spiro atoms. The first kappa shape index (κ1) is 30.4. The molecule has 0 saturated heterocycles. The molecule has 0 aliphatic rings. The smallest absolute Gasteiger partial charge is 0.193 e. The fourth-order valence-corrected chi connectivity index (χ4v) is 4.53. The van der Waals surface area contributed by atoms with Gasteiger partial charge in [0.15, 0.2) is 23.5 Å². The highest BCUT2D eigenvalue weighted by molar-refractivity contribution is 5.24. The van der Waals surface area contributed by atoms with Crippen molar-refractivity contribution >= 4 is 0 Å². The normalized spacial score (nSPS) is 13.7. The Balaban J connectivity index is 2.08. The molecule has 7 heteroatoms. The van der Waals surface area contributed by atoms with Crippen LogP contribution in [-0.2, 0) is 13.1 Å². The van der Waals surface area contributed by atoms with Crippen molar-refractivity contribution in [2.45, 2.75) is 116 Å². The summed E-state index contributed by atoms with van der Waals surface area (Å²) in [5.74, 6) is 0.229. The number of aromatic hydroxyl groups is 4. The van der Waals surface area contributed by atoms with Crippen LogP contribution in [0.2, 0.25) is 0 Å². The second-order valence-electron chi connectivity index (χ2n) is 9.91. The maximum atomic E-state index is 10.1. The van der Waals surface area contributed by atoms with Crippen molar-refractivity contribution in [2.24, 2.45) is 0 Å². The number of allylic oxidation sites excluding steroid dienone is 2. The molecule has 2 unspecified atom stereocenters. The number of hydrogen-bond donors (Lipinski definition) is 5. The summed E-state index contributed by atoms with van der Waals surface area (Å²) in [6.45, 7) is 5.39. The van der Waals surface area contributed by atoms with E-state index in [1.54, 1.807) is 0 Å². The average molecular weight is 516 g/mol. The number of unbranched alkanes of at least 4 members (excludes halogenated alkanes) is 8. The minimum atomic E-state index is 0.0361. The first-order chi connectivity index (χ1) is 18.0. The summed E-state index contributed by atoms with van der Waals surface area (Å²) < 4.78 is 3.02. The molecule has 0 aliphatic carbocycles. The van der Waals surface area contributed by atoms with Crippen LogP contribution in [0.25, 0.3) is 0 Å². The number of nitrogens with zero attached hydrogens (tertiary/aromatic N) is 2. The Morgan fingerprint density at radius 2 is 1.00 bits per heavy atom. The van der Waals surface area contributed by atoms with Gasteiger partial charge in [-0.05, 0) is 38.5 Å². The van der Waals surface area contributed by atoms with Gasteiger partial charge in [-0.3, -0.25) is 9.13 Å². The molecule has 37 heavy (non-hydrogen) atoms. The third-order valence-corrected chi connectivity index (χ3v) is 6.81. The van der Waals surface area contributed by atoms with Gasteiger partial charge in [-0.1, -0.05) is 76.7 Å². The maximum Gasteiger partial charge on any atom is 0.193 e. The molecular formula is C30H49N3O4. The Labute approximate surface area is 223 Å². The van der Waals surface area contributed by atoms with E-state index in [1.807, 2.05) is 0 Å². The lowest BCUT2D eigenvalue weighted by molar-refractivity contribution is 0.345. The van der Waals surface area contributed by atoms with Crippen LogP contribution < -0.4 is 5.32 Å². The molecule has 2 aromatic heterocycles. The van der Waals surface area contributed by atoms with Gasteiger partial charge in [-0.15, -0.1) is 0 Å². The first-order valence-electron chi connectivity index (χ1n) is 14.2. The summed E-state index contributed by atoms with van der Waals surface area (Å²) >= 11 is 0. The number of rotatable bonds is 20. The number of hydrogen-bond acceptors (Lipinski definition) is 5. The van der Waals surface area contributed by atoms with Gasteiger partial charge in [0.25, 0.3) is 0 Å². The van der Waals surface area contributed by atoms with Crippen LogP contribution >= 0.6 is 0 Å². The summed E-state index contributed by atoms with van der Waals surface area (Å²) in [4.78, 5) is 0. The third-order valence-electron chi connectivity index (χ3n) is 6.81. The highest BCUT2D eigenvalue weighted by atomic mass is 16.3. The first-order valence-corrected chi connectivity index (χ1v) is 14.2. The largest absolute Gasteiger partial charge is 0.494 e. The summed E-state index contributed by atoms with van der Waals surface area (Å²) in [7, 11) is 0. The van der Waals surface area contributed by atoms with Crippen molar-refractivity contribution in [3.8, 4) is 23.5 Å². The van der Waals surface area contributed by atoms with E-state index in [0.29, 0.717) is 25.9 Å². The van der Waals surface area contributed by atoms with Gasteiger partial charge in [-0.25, -0.2) is 0 Å². The van der Waals surface area contributed by atoms with E-state index in [0.717, 1.165) is 12.8 Å².